The molecule has 2 spiro atoms. The number of fused-ring (bicyclic) bond motifs is 4. The first-order chi connectivity index (χ1) is 25.1. The van der Waals surface area contributed by atoms with Crippen LogP contribution in [0.5, 0.6) is 46.0 Å². The van der Waals surface area contributed by atoms with E-state index in [0.29, 0.717) is 54.1 Å². The van der Waals surface area contributed by atoms with Crippen LogP contribution in [0.4, 0.5) is 0 Å². The van der Waals surface area contributed by atoms with Gasteiger partial charge in [-0.1, -0.05) is 0 Å². The SMILES string of the molecule is CC[NH+](CC)CC.CC[NH+](CC)CC.IC[Si-]12(Oc3ccccc3O1)Oc1ccccc1O2.IC[Si-]12(Oc3ccccc3O1)Oc1ccccc1O2. The Labute approximate surface area is 336 Å². The van der Waals surface area contributed by atoms with Crippen LogP contribution in [0.25, 0.3) is 0 Å². The monoisotopic (exact) mass is 974 g/mol. The van der Waals surface area contributed by atoms with Gasteiger partial charge in [0, 0.05) is 0 Å². The van der Waals surface area contributed by atoms with E-state index in [1.807, 2.05) is 97.1 Å². The van der Waals surface area contributed by atoms with Crippen LogP contribution in [-0.2, 0) is 0 Å². The Morgan fingerprint density at radius 3 is 0.596 bits per heavy atom. The fourth-order valence-electron chi connectivity index (χ4n) is 6.14. The average molecular weight is 975 g/mol. The second-order valence-electron chi connectivity index (χ2n) is 12.6. The molecule has 4 aliphatic rings. The zero-order valence-electron chi connectivity index (χ0n) is 30.9. The van der Waals surface area contributed by atoms with Gasteiger partial charge >= 0.3 is 248 Å². The summed E-state index contributed by atoms with van der Waals surface area (Å²) >= 11 is 4.40. The van der Waals surface area contributed by atoms with Crippen molar-refractivity contribution in [2.24, 2.45) is 0 Å². The summed E-state index contributed by atoms with van der Waals surface area (Å²) in [6.07, 6.45) is 0. The first kappa shape index (κ1) is 40.3. The van der Waals surface area contributed by atoms with E-state index >= 15 is 0 Å². The van der Waals surface area contributed by atoms with Gasteiger partial charge in [-0.15, -0.1) is 0 Å². The minimum atomic E-state index is -3.88. The van der Waals surface area contributed by atoms with Crippen LogP contribution in [0.1, 0.15) is 41.5 Å². The number of nitrogens with one attached hydrogen (secondary N) is 2. The van der Waals surface area contributed by atoms with Crippen LogP contribution in [0.15, 0.2) is 97.1 Å². The Balaban J connectivity index is 0.000000149. The second kappa shape index (κ2) is 17.1. The molecule has 10 nitrogen and oxygen atoms in total. The third-order valence-electron chi connectivity index (χ3n) is 9.29. The van der Waals surface area contributed by atoms with E-state index in [2.05, 4.69) is 86.7 Å². The van der Waals surface area contributed by atoms with Crippen molar-refractivity contribution >= 4 is 61.8 Å². The van der Waals surface area contributed by atoms with Gasteiger partial charge in [0.15, 0.2) is 0 Å². The molecule has 4 aromatic rings. The number of hydrogen-bond donors (Lipinski definition) is 2. The minimum absolute atomic E-state index is 0.515. The van der Waals surface area contributed by atoms with Gasteiger partial charge in [0.2, 0.25) is 0 Å². The van der Waals surface area contributed by atoms with Crippen molar-refractivity contribution in [1.82, 2.24) is 0 Å². The molecule has 14 heteroatoms. The molecule has 284 valence electrons. The molecule has 4 aliphatic heterocycles. The zero-order chi connectivity index (χ0) is 37.3. The molecule has 0 fully saturated rings. The third kappa shape index (κ3) is 8.41. The van der Waals surface area contributed by atoms with E-state index in [1.165, 1.54) is 39.3 Å². The maximum absolute atomic E-state index is 6.05. The Morgan fingerprint density at radius 2 is 0.500 bits per heavy atom. The van der Waals surface area contributed by atoms with Gasteiger partial charge < -0.3 is 9.80 Å². The summed E-state index contributed by atoms with van der Waals surface area (Å²) in [6, 6.07) is 30.2. The quantitative estimate of drug-likeness (QED) is 0.119. The van der Waals surface area contributed by atoms with Crippen LogP contribution in [0.3, 0.4) is 0 Å². The van der Waals surface area contributed by atoms with E-state index < -0.39 is 16.7 Å². The van der Waals surface area contributed by atoms with Crippen molar-refractivity contribution in [3.05, 3.63) is 97.1 Å². The maximum atomic E-state index is 6.05. The van der Waals surface area contributed by atoms with Crippen LogP contribution < -0.4 is 45.2 Å². The topological polar surface area (TPSA) is 82.7 Å². The summed E-state index contributed by atoms with van der Waals surface area (Å²) in [5.74, 6) is 5.45. The van der Waals surface area contributed by atoms with Gasteiger partial charge in [-0.05, 0) is 41.5 Å². The van der Waals surface area contributed by atoms with Gasteiger partial charge in [0.05, 0.1) is 39.3 Å². The number of hydrogen-bond acceptors (Lipinski definition) is 8. The van der Waals surface area contributed by atoms with Gasteiger partial charge in [-0.3, -0.25) is 0 Å². The molecule has 0 amide bonds. The summed E-state index contributed by atoms with van der Waals surface area (Å²) < 4.78 is 49.5. The van der Waals surface area contributed by atoms with Crippen molar-refractivity contribution in [3.63, 3.8) is 0 Å². The molecule has 0 saturated heterocycles. The Bertz CT molecular complexity index is 1430. The molecule has 0 unspecified atom stereocenters. The van der Waals surface area contributed by atoms with E-state index in [0.717, 1.165) is 0 Å². The predicted molar refractivity (Wildman–Crippen MR) is 225 cm³/mol. The number of alkyl halides is 2. The molecule has 4 aromatic carbocycles. The van der Waals surface area contributed by atoms with Gasteiger partial charge in [-0.2, -0.15) is 0 Å². The first-order valence-corrected chi connectivity index (χ1v) is 25.9. The summed E-state index contributed by atoms with van der Waals surface area (Å²) in [6.45, 7) is 21.0. The summed E-state index contributed by atoms with van der Waals surface area (Å²) in [5, 5.41) is 0. The zero-order valence-corrected chi connectivity index (χ0v) is 37.2. The Kier molecular flexibility index (Phi) is 13.2. The molecule has 0 aromatic heterocycles. The van der Waals surface area contributed by atoms with E-state index in [9.17, 15) is 0 Å². The summed E-state index contributed by atoms with van der Waals surface area (Å²) in [7, 11) is -7.77. The van der Waals surface area contributed by atoms with Crippen molar-refractivity contribution in [3.8, 4) is 46.0 Å². The molecular formula is C38H52I2N2O8Si2. The van der Waals surface area contributed by atoms with Crippen molar-refractivity contribution in [2.75, 3.05) is 47.4 Å². The van der Waals surface area contributed by atoms with Crippen LogP contribution in [-0.4, -0.2) is 64.0 Å². The molecule has 0 saturated carbocycles. The fourth-order valence-corrected chi connectivity index (χ4v) is 15.6. The Morgan fingerprint density at radius 1 is 0.346 bits per heavy atom. The molecule has 52 heavy (non-hydrogen) atoms. The molecule has 0 aliphatic carbocycles. The Hall–Kier alpha value is -2.91. The molecule has 0 radical (unpaired) electrons. The molecule has 8 rings (SSSR count). The number of para-hydroxylation sites is 8. The van der Waals surface area contributed by atoms with Crippen molar-refractivity contribution < 1.29 is 45.2 Å². The number of benzene rings is 4. The molecule has 4 heterocycles. The van der Waals surface area contributed by atoms with Crippen LogP contribution >= 0.6 is 45.2 Å². The van der Waals surface area contributed by atoms with Crippen molar-refractivity contribution in [1.29, 1.82) is 0 Å². The third-order valence-corrected chi connectivity index (χ3v) is 22.6. The van der Waals surface area contributed by atoms with Crippen LogP contribution in [0.2, 0.25) is 0 Å². The van der Waals surface area contributed by atoms with E-state index in [-0.39, 0.29) is 0 Å². The van der Waals surface area contributed by atoms with Crippen LogP contribution in [0, 0.1) is 0 Å². The second-order valence-corrected chi connectivity index (χ2v) is 23.7. The standard InChI is InChI=1S/2C13H10IO4Si.2C6H15N/c2*14-9-19(15-10-5-1-2-6-11(10)16-19)17-12-7-3-4-8-13(12)18-19;2*1-4-7(5-2)6-3/h2*1-8H,9H2;2*4-6H2,1-3H3/q2*-1;;/p+2. The average Bonchev–Trinajstić information content (AvgIpc) is 3.90. The normalized spacial score (nSPS) is 18.7. The molecule has 0 bridgehead atoms. The van der Waals surface area contributed by atoms with E-state index in [1.54, 1.807) is 9.80 Å². The molecule has 0 atom stereocenters. The fraction of sp³-hybridized carbons (Fsp3) is 0.368. The van der Waals surface area contributed by atoms with Crippen molar-refractivity contribution in [2.45, 2.75) is 41.5 Å². The van der Waals surface area contributed by atoms with Gasteiger partial charge in [-0.25, -0.2) is 0 Å². The molecular weight excluding hydrogens is 922 g/mol. The summed E-state index contributed by atoms with van der Waals surface area (Å²) in [4.78, 5) is 3.36. The number of quaternary nitrogens is 2. The van der Waals surface area contributed by atoms with Gasteiger partial charge in [0.25, 0.3) is 0 Å². The predicted octanol–water partition coefficient (Wildman–Crippen LogP) is 6.45. The van der Waals surface area contributed by atoms with E-state index in [4.69, 9.17) is 35.4 Å². The number of halogens is 2. The van der Waals surface area contributed by atoms with Gasteiger partial charge in [0.1, 0.15) is 0 Å². The first-order valence-electron chi connectivity index (χ1n) is 18.2. The molecule has 2 N–H and O–H groups in total. The summed E-state index contributed by atoms with van der Waals surface area (Å²) in [5.41, 5.74) is 0. The number of rotatable bonds is 8.